The fourth-order valence-corrected chi connectivity index (χ4v) is 2.83. The highest BCUT2D eigenvalue weighted by molar-refractivity contribution is 9.10. The van der Waals surface area contributed by atoms with Gasteiger partial charge in [0.15, 0.2) is 5.70 Å². The lowest BCUT2D eigenvalue weighted by Crippen LogP contribution is -2.05. The van der Waals surface area contributed by atoms with Crippen LogP contribution in [0.5, 0.6) is 0 Å². The summed E-state index contributed by atoms with van der Waals surface area (Å²) in [5, 5.41) is 0. The van der Waals surface area contributed by atoms with Crippen LogP contribution >= 0.6 is 15.9 Å². The SMILES string of the molecule is Cc1ccc(C2=N/C(=C/c3ccc(-c4ccc(Br)cc4)o3)C(=O)O2)cc1. The number of carbonyl (C=O) groups is 1. The first-order chi connectivity index (χ1) is 12.6. The van der Waals surface area contributed by atoms with Crippen molar-refractivity contribution in [3.8, 4) is 11.3 Å². The zero-order valence-corrected chi connectivity index (χ0v) is 15.5. The van der Waals surface area contributed by atoms with Gasteiger partial charge in [0.05, 0.1) is 0 Å². The number of benzene rings is 2. The maximum Gasteiger partial charge on any atom is 0.363 e. The van der Waals surface area contributed by atoms with E-state index in [0.717, 1.165) is 26.9 Å². The summed E-state index contributed by atoms with van der Waals surface area (Å²) in [6.45, 7) is 2.00. The molecule has 0 unspecified atom stereocenters. The smallest absolute Gasteiger partial charge is 0.363 e. The number of ether oxygens (including phenoxy) is 1. The predicted octanol–water partition coefficient (Wildman–Crippen LogP) is 5.36. The summed E-state index contributed by atoms with van der Waals surface area (Å²) >= 11 is 3.41. The molecule has 1 aromatic heterocycles. The van der Waals surface area contributed by atoms with E-state index in [1.54, 1.807) is 12.1 Å². The number of aryl methyl sites for hydroxylation is 1. The van der Waals surface area contributed by atoms with Crippen LogP contribution in [0.15, 0.2) is 80.2 Å². The van der Waals surface area contributed by atoms with Crippen LogP contribution in [0.3, 0.4) is 0 Å². The molecule has 0 fully saturated rings. The molecule has 0 bridgehead atoms. The molecule has 0 amide bonds. The second kappa shape index (κ2) is 6.77. The van der Waals surface area contributed by atoms with Gasteiger partial charge in [-0.25, -0.2) is 9.79 Å². The Hall–Kier alpha value is -2.92. The van der Waals surface area contributed by atoms with E-state index in [0.29, 0.717) is 11.7 Å². The van der Waals surface area contributed by atoms with Crippen molar-refractivity contribution in [3.63, 3.8) is 0 Å². The Bertz CT molecular complexity index is 1030. The van der Waals surface area contributed by atoms with Gasteiger partial charge in [0.2, 0.25) is 5.90 Å². The average Bonchev–Trinajstić information content (AvgIpc) is 3.24. The van der Waals surface area contributed by atoms with Crippen molar-refractivity contribution in [1.29, 1.82) is 0 Å². The zero-order chi connectivity index (χ0) is 18.1. The van der Waals surface area contributed by atoms with E-state index < -0.39 is 5.97 Å². The number of cyclic esters (lactones) is 1. The first-order valence-electron chi connectivity index (χ1n) is 8.04. The molecule has 0 atom stereocenters. The third kappa shape index (κ3) is 3.39. The van der Waals surface area contributed by atoms with E-state index in [-0.39, 0.29) is 5.70 Å². The van der Waals surface area contributed by atoms with Crippen molar-refractivity contribution >= 4 is 33.9 Å². The van der Waals surface area contributed by atoms with E-state index in [4.69, 9.17) is 9.15 Å². The molecule has 0 aliphatic carbocycles. The first-order valence-corrected chi connectivity index (χ1v) is 8.83. The summed E-state index contributed by atoms with van der Waals surface area (Å²) in [6, 6.07) is 19.1. The second-order valence-corrected chi connectivity index (χ2v) is 6.83. The Balaban J connectivity index is 1.61. The third-order valence-electron chi connectivity index (χ3n) is 3.95. The minimum atomic E-state index is -0.484. The third-order valence-corrected chi connectivity index (χ3v) is 4.48. The van der Waals surface area contributed by atoms with Crippen LogP contribution in [0.25, 0.3) is 17.4 Å². The highest BCUT2D eigenvalue weighted by Crippen LogP contribution is 2.26. The van der Waals surface area contributed by atoms with Crippen molar-refractivity contribution in [3.05, 3.63) is 87.7 Å². The minimum Gasteiger partial charge on any atom is -0.457 e. The van der Waals surface area contributed by atoms with Gasteiger partial charge >= 0.3 is 5.97 Å². The number of rotatable bonds is 3. The van der Waals surface area contributed by atoms with Gasteiger partial charge < -0.3 is 9.15 Å². The molecule has 3 aromatic rings. The van der Waals surface area contributed by atoms with E-state index >= 15 is 0 Å². The molecule has 1 aliphatic heterocycles. The molecule has 5 heteroatoms. The molecule has 26 heavy (non-hydrogen) atoms. The van der Waals surface area contributed by atoms with Gasteiger partial charge in [0, 0.05) is 21.7 Å². The van der Waals surface area contributed by atoms with Crippen LogP contribution in [0.4, 0.5) is 0 Å². The fraction of sp³-hybridized carbons (Fsp3) is 0.0476. The summed E-state index contributed by atoms with van der Waals surface area (Å²) in [4.78, 5) is 16.4. The summed E-state index contributed by atoms with van der Waals surface area (Å²) in [5.74, 6) is 1.09. The molecule has 128 valence electrons. The summed E-state index contributed by atoms with van der Waals surface area (Å²) < 4.78 is 12.1. The second-order valence-electron chi connectivity index (χ2n) is 5.91. The Morgan fingerprint density at radius 3 is 2.35 bits per heavy atom. The summed E-state index contributed by atoms with van der Waals surface area (Å²) in [6.07, 6.45) is 1.59. The molecule has 1 aliphatic rings. The number of carbonyl (C=O) groups excluding carboxylic acids is 1. The standard InChI is InChI=1S/C21H14BrNO3/c1-13-2-4-15(5-3-13)20-23-18(21(24)26-20)12-17-10-11-19(25-17)14-6-8-16(22)9-7-14/h2-12H,1H3/b18-12+. The molecule has 0 saturated carbocycles. The lowest BCUT2D eigenvalue weighted by Gasteiger charge is -1.99. The minimum absolute atomic E-state index is 0.220. The van der Waals surface area contributed by atoms with Gasteiger partial charge in [-0.15, -0.1) is 0 Å². The normalized spacial score (nSPS) is 15.2. The van der Waals surface area contributed by atoms with Gasteiger partial charge in [0.25, 0.3) is 0 Å². The van der Waals surface area contributed by atoms with Crippen LogP contribution < -0.4 is 0 Å². The maximum absolute atomic E-state index is 12.1. The Morgan fingerprint density at radius 2 is 1.62 bits per heavy atom. The number of hydrogen-bond acceptors (Lipinski definition) is 4. The molecule has 2 aromatic carbocycles. The molecule has 4 nitrogen and oxygen atoms in total. The van der Waals surface area contributed by atoms with Crippen molar-refractivity contribution in [2.24, 2.45) is 4.99 Å². The lowest BCUT2D eigenvalue weighted by molar-refractivity contribution is -0.129. The maximum atomic E-state index is 12.1. The van der Waals surface area contributed by atoms with Crippen molar-refractivity contribution < 1.29 is 13.9 Å². The molecule has 0 radical (unpaired) electrons. The van der Waals surface area contributed by atoms with Crippen LogP contribution in [-0.2, 0) is 9.53 Å². The van der Waals surface area contributed by atoms with E-state index in [1.807, 2.05) is 61.5 Å². The summed E-state index contributed by atoms with van der Waals surface area (Å²) in [7, 11) is 0. The summed E-state index contributed by atoms with van der Waals surface area (Å²) in [5.41, 5.74) is 3.07. The average molecular weight is 408 g/mol. The molecule has 0 spiro atoms. The number of halogens is 1. The Kier molecular flexibility index (Phi) is 4.31. The Morgan fingerprint density at radius 1 is 0.923 bits per heavy atom. The van der Waals surface area contributed by atoms with Gasteiger partial charge in [-0.1, -0.05) is 45.8 Å². The topological polar surface area (TPSA) is 51.8 Å². The van der Waals surface area contributed by atoms with Gasteiger partial charge in [-0.3, -0.25) is 0 Å². The van der Waals surface area contributed by atoms with Gasteiger partial charge in [0.1, 0.15) is 11.5 Å². The highest BCUT2D eigenvalue weighted by Gasteiger charge is 2.24. The number of furan rings is 1. The zero-order valence-electron chi connectivity index (χ0n) is 13.9. The molecular weight excluding hydrogens is 394 g/mol. The number of esters is 1. The molecule has 0 saturated heterocycles. The van der Waals surface area contributed by atoms with Crippen molar-refractivity contribution in [2.75, 3.05) is 0 Å². The number of nitrogens with zero attached hydrogens (tertiary/aromatic N) is 1. The molecule has 4 rings (SSSR count). The number of aliphatic imine (C=N–C) groups is 1. The molecular formula is C21H14BrNO3. The largest absolute Gasteiger partial charge is 0.457 e. The van der Waals surface area contributed by atoms with Crippen LogP contribution in [-0.4, -0.2) is 11.9 Å². The van der Waals surface area contributed by atoms with Crippen molar-refractivity contribution in [1.82, 2.24) is 0 Å². The van der Waals surface area contributed by atoms with Crippen LogP contribution in [0, 0.1) is 6.92 Å². The predicted molar refractivity (Wildman–Crippen MR) is 104 cm³/mol. The highest BCUT2D eigenvalue weighted by atomic mass is 79.9. The van der Waals surface area contributed by atoms with E-state index in [2.05, 4.69) is 20.9 Å². The fourth-order valence-electron chi connectivity index (χ4n) is 2.56. The molecule has 2 heterocycles. The van der Waals surface area contributed by atoms with Crippen LogP contribution in [0.1, 0.15) is 16.9 Å². The van der Waals surface area contributed by atoms with Gasteiger partial charge in [-0.2, -0.15) is 0 Å². The van der Waals surface area contributed by atoms with Crippen LogP contribution in [0.2, 0.25) is 0 Å². The number of hydrogen-bond donors (Lipinski definition) is 0. The van der Waals surface area contributed by atoms with Crippen molar-refractivity contribution in [2.45, 2.75) is 6.92 Å². The van der Waals surface area contributed by atoms with E-state index in [1.165, 1.54) is 0 Å². The van der Waals surface area contributed by atoms with E-state index in [9.17, 15) is 4.79 Å². The van der Waals surface area contributed by atoms with Gasteiger partial charge in [-0.05, 0) is 43.3 Å². The monoisotopic (exact) mass is 407 g/mol. The quantitative estimate of drug-likeness (QED) is 0.433. The first kappa shape index (κ1) is 16.5. The molecule has 0 N–H and O–H groups in total. The Labute approximate surface area is 159 Å². The lowest BCUT2D eigenvalue weighted by atomic mass is 10.1.